The van der Waals surface area contributed by atoms with Crippen LogP contribution in [0.1, 0.15) is 35.8 Å². The number of benzene rings is 1. The molecule has 3 rings (SSSR count). The van der Waals surface area contributed by atoms with Gasteiger partial charge in [-0.25, -0.2) is 0 Å². The minimum absolute atomic E-state index is 0.000449. The van der Waals surface area contributed by atoms with Crippen LogP contribution < -0.4 is 5.32 Å². The standard InChI is InChI=1S/C19H21BrN2O/c1-12-4-9-18(17(20)10-12)21-19(23)15-7-8-16(11-15)22-13(2)5-6-14(22)3/h4-7,9-10,16H,8,11H2,1-3H3,(H,21,23)/t16-/m1/s1. The van der Waals surface area contributed by atoms with Crippen molar-refractivity contribution >= 4 is 27.5 Å². The zero-order chi connectivity index (χ0) is 16.6. The maximum atomic E-state index is 12.5. The first kappa shape index (κ1) is 16.1. The van der Waals surface area contributed by atoms with Gasteiger partial charge in [-0.15, -0.1) is 0 Å². The maximum absolute atomic E-state index is 12.5. The van der Waals surface area contributed by atoms with Gasteiger partial charge in [-0.1, -0.05) is 12.1 Å². The number of nitrogens with one attached hydrogen (secondary N) is 1. The summed E-state index contributed by atoms with van der Waals surface area (Å²) in [6.45, 7) is 6.27. The Kier molecular flexibility index (Phi) is 4.44. The molecule has 0 spiro atoms. The SMILES string of the molecule is Cc1ccc(NC(=O)C2=CC[C@@H](n3c(C)ccc3C)C2)c(Br)c1. The van der Waals surface area contributed by atoms with E-state index in [1.165, 1.54) is 11.4 Å². The van der Waals surface area contributed by atoms with Gasteiger partial charge in [0.15, 0.2) is 0 Å². The van der Waals surface area contributed by atoms with Crippen LogP contribution in [0.4, 0.5) is 5.69 Å². The molecule has 23 heavy (non-hydrogen) atoms. The summed E-state index contributed by atoms with van der Waals surface area (Å²) in [6, 6.07) is 10.6. The number of hydrogen-bond donors (Lipinski definition) is 1. The van der Waals surface area contributed by atoms with Crippen LogP contribution in [-0.2, 0) is 4.79 Å². The van der Waals surface area contributed by atoms with E-state index in [1.807, 2.05) is 25.1 Å². The third kappa shape index (κ3) is 3.27. The number of hydrogen-bond acceptors (Lipinski definition) is 1. The third-order valence-corrected chi connectivity index (χ3v) is 5.10. The van der Waals surface area contributed by atoms with E-state index in [1.54, 1.807) is 0 Å². The fraction of sp³-hybridized carbons (Fsp3) is 0.316. The third-order valence-electron chi connectivity index (χ3n) is 4.45. The van der Waals surface area contributed by atoms with Crippen molar-refractivity contribution in [3.8, 4) is 0 Å². The number of anilines is 1. The van der Waals surface area contributed by atoms with Crippen molar-refractivity contribution in [1.29, 1.82) is 0 Å². The van der Waals surface area contributed by atoms with Crippen molar-refractivity contribution in [1.82, 2.24) is 4.57 Å². The molecule has 1 aliphatic rings. The predicted molar refractivity (Wildman–Crippen MR) is 97.8 cm³/mol. The van der Waals surface area contributed by atoms with Crippen molar-refractivity contribution in [3.05, 3.63) is 63.4 Å². The molecule has 1 amide bonds. The van der Waals surface area contributed by atoms with E-state index in [0.29, 0.717) is 6.04 Å². The highest BCUT2D eigenvalue weighted by atomic mass is 79.9. The van der Waals surface area contributed by atoms with Gasteiger partial charge < -0.3 is 9.88 Å². The first-order valence-electron chi connectivity index (χ1n) is 7.86. The van der Waals surface area contributed by atoms with Crippen LogP contribution in [0.2, 0.25) is 0 Å². The van der Waals surface area contributed by atoms with Gasteiger partial charge in [-0.3, -0.25) is 4.79 Å². The number of allylic oxidation sites excluding steroid dienone is 1. The van der Waals surface area contributed by atoms with Crippen molar-refractivity contribution < 1.29 is 4.79 Å². The van der Waals surface area contributed by atoms with E-state index in [-0.39, 0.29) is 5.91 Å². The topological polar surface area (TPSA) is 34.0 Å². The van der Waals surface area contributed by atoms with Gasteiger partial charge in [0.05, 0.1) is 5.69 Å². The molecule has 0 bridgehead atoms. The first-order valence-corrected chi connectivity index (χ1v) is 8.66. The largest absolute Gasteiger partial charge is 0.346 e. The number of halogens is 1. The fourth-order valence-electron chi connectivity index (χ4n) is 3.26. The number of rotatable bonds is 3. The summed E-state index contributed by atoms with van der Waals surface area (Å²) in [5, 5.41) is 3.01. The summed E-state index contributed by atoms with van der Waals surface area (Å²) in [6.07, 6.45) is 3.76. The fourth-order valence-corrected chi connectivity index (χ4v) is 3.85. The van der Waals surface area contributed by atoms with Gasteiger partial charge in [0.25, 0.3) is 5.91 Å². The lowest BCUT2D eigenvalue weighted by Crippen LogP contribution is -2.16. The van der Waals surface area contributed by atoms with Gasteiger partial charge in [0, 0.05) is 27.5 Å². The average molecular weight is 373 g/mol. The Labute approximate surface area is 145 Å². The molecule has 0 saturated heterocycles. The molecule has 1 N–H and O–H groups in total. The van der Waals surface area contributed by atoms with Gasteiger partial charge in [0.1, 0.15) is 0 Å². The van der Waals surface area contributed by atoms with Crippen LogP contribution in [0.3, 0.4) is 0 Å². The maximum Gasteiger partial charge on any atom is 0.251 e. The molecule has 0 unspecified atom stereocenters. The number of carbonyl (C=O) groups excluding carboxylic acids is 1. The average Bonchev–Trinajstić information content (AvgIpc) is 3.09. The summed E-state index contributed by atoms with van der Waals surface area (Å²) < 4.78 is 3.25. The second-order valence-corrected chi connectivity index (χ2v) is 7.10. The molecule has 0 fully saturated rings. The molecule has 1 aliphatic carbocycles. The predicted octanol–water partition coefficient (Wildman–Crippen LogP) is 5.08. The smallest absolute Gasteiger partial charge is 0.251 e. The Hall–Kier alpha value is -1.81. The second-order valence-electron chi connectivity index (χ2n) is 6.25. The Balaban J connectivity index is 1.70. The molecule has 0 radical (unpaired) electrons. The first-order chi connectivity index (χ1) is 11.0. The zero-order valence-corrected chi connectivity index (χ0v) is 15.3. The van der Waals surface area contributed by atoms with Crippen LogP contribution >= 0.6 is 15.9 Å². The molecule has 4 heteroatoms. The summed E-state index contributed by atoms with van der Waals surface area (Å²) >= 11 is 3.51. The van der Waals surface area contributed by atoms with E-state index in [2.05, 4.69) is 57.9 Å². The molecule has 0 aliphatic heterocycles. The Morgan fingerprint density at radius 3 is 2.52 bits per heavy atom. The lowest BCUT2D eigenvalue weighted by molar-refractivity contribution is -0.113. The van der Waals surface area contributed by atoms with E-state index < -0.39 is 0 Å². The van der Waals surface area contributed by atoms with Crippen LogP contribution in [0, 0.1) is 20.8 Å². The zero-order valence-electron chi connectivity index (χ0n) is 13.7. The summed E-state index contributed by atoms with van der Waals surface area (Å²) in [4.78, 5) is 12.5. The molecule has 1 atom stereocenters. The molecular weight excluding hydrogens is 352 g/mol. The van der Waals surface area contributed by atoms with E-state index in [4.69, 9.17) is 0 Å². The van der Waals surface area contributed by atoms with Crippen molar-refractivity contribution in [2.75, 3.05) is 5.32 Å². The number of aryl methyl sites for hydroxylation is 3. The van der Waals surface area contributed by atoms with E-state index >= 15 is 0 Å². The molecule has 1 heterocycles. The van der Waals surface area contributed by atoms with Gasteiger partial charge in [-0.05, 0) is 79.4 Å². The minimum atomic E-state index is -0.000449. The van der Waals surface area contributed by atoms with E-state index in [0.717, 1.165) is 34.1 Å². The monoisotopic (exact) mass is 372 g/mol. The molecule has 0 saturated carbocycles. The summed E-state index contributed by atoms with van der Waals surface area (Å²) in [7, 11) is 0. The van der Waals surface area contributed by atoms with Crippen molar-refractivity contribution in [3.63, 3.8) is 0 Å². The number of nitrogens with zero attached hydrogens (tertiary/aromatic N) is 1. The van der Waals surface area contributed by atoms with Crippen molar-refractivity contribution in [2.24, 2.45) is 0 Å². The van der Waals surface area contributed by atoms with Crippen LogP contribution in [-0.4, -0.2) is 10.5 Å². The minimum Gasteiger partial charge on any atom is -0.346 e. The van der Waals surface area contributed by atoms with E-state index in [9.17, 15) is 4.79 Å². The molecular formula is C19H21BrN2O. The molecule has 120 valence electrons. The van der Waals surface area contributed by atoms with Gasteiger partial charge in [-0.2, -0.15) is 0 Å². The summed E-state index contributed by atoms with van der Waals surface area (Å²) in [5.74, 6) is -0.000449. The number of aromatic nitrogens is 1. The van der Waals surface area contributed by atoms with Crippen LogP contribution in [0.5, 0.6) is 0 Å². The highest BCUT2D eigenvalue weighted by Gasteiger charge is 2.24. The Morgan fingerprint density at radius 1 is 1.17 bits per heavy atom. The summed E-state index contributed by atoms with van der Waals surface area (Å²) in [5.41, 5.74) is 5.36. The number of carbonyl (C=O) groups is 1. The van der Waals surface area contributed by atoms with Crippen molar-refractivity contribution in [2.45, 2.75) is 39.7 Å². The molecule has 3 nitrogen and oxygen atoms in total. The Bertz CT molecular complexity index is 769. The molecule has 1 aromatic heterocycles. The van der Waals surface area contributed by atoms with Crippen LogP contribution in [0.15, 0.2) is 46.5 Å². The highest BCUT2D eigenvalue weighted by molar-refractivity contribution is 9.10. The van der Waals surface area contributed by atoms with Gasteiger partial charge >= 0.3 is 0 Å². The second kappa shape index (κ2) is 6.36. The molecule has 1 aromatic carbocycles. The lowest BCUT2D eigenvalue weighted by atomic mass is 10.1. The highest BCUT2D eigenvalue weighted by Crippen LogP contribution is 2.33. The van der Waals surface area contributed by atoms with Crippen LogP contribution in [0.25, 0.3) is 0 Å². The number of amides is 1. The van der Waals surface area contributed by atoms with Gasteiger partial charge in [0.2, 0.25) is 0 Å². The Morgan fingerprint density at radius 2 is 1.87 bits per heavy atom. The molecule has 2 aromatic rings. The normalized spacial score (nSPS) is 17.2. The lowest BCUT2D eigenvalue weighted by Gasteiger charge is -2.18. The quantitative estimate of drug-likeness (QED) is 0.800.